The maximum absolute atomic E-state index is 13.1. The molecule has 7 nitrogen and oxygen atoms in total. The van der Waals surface area contributed by atoms with Crippen molar-refractivity contribution in [2.45, 2.75) is 6.92 Å². The highest BCUT2D eigenvalue weighted by atomic mass is 16.5. The van der Waals surface area contributed by atoms with Gasteiger partial charge in [-0.15, -0.1) is 0 Å². The second kappa shape index (κ2) is 10.9. The van der Waals surface area contributed by atoms with E-state index in [1.165, 1.54) is 0 Å². The second-order valence-corrected chi connectivity index (χ2v) is 9.60. The lowest BCUT2D eigenvalue weighted by molar-refractivity contribution is 0.101. The minimum Gasteiger partial charge on any atom is -0.495 e. The second-order valence-electron chi connectivity index (χ2n) is 9.60. The number of methoxy groups -OCH3 is 1. The fourth-order valence-corrected chi connectivity index (χ4v) is 4.92. The summed E-state index contributed by atoms with van der Waals surface area (Å²) >= 11 is 0. The first kappa shape index (κ1) is 25.3. The summed E-state index contributed by atoms with van der Waals surface area (Å²) in [6.45, 7) is 5.32. The molecule has 4 aromatic carbocycles. The molecule has 0 saturated carbocycles. The van der Waals surface area contributed by atoms with Crippen molar-refractivity contribution in [1.82, 2.24) is 4.90 Å². The molecule has 0 bridgehead atoms. The molecule has 1 saturated heterocycles. The van der Waals surface area contributed by atoms with Crippen molar-refractivity contribution in [1.29, 1.82) is 0 Å². The highest BCUT2D eigenvalue weighted by molar-refractivity contribution is 6.09. The molecule has 5 rings (SSSR count). The van der Waals surface area contributed by atoms with Crippen LogP contribution < -0.4 is 20.3 Å². The van der Waals surface area contributed by atoms with Crippen LogP contribution in [0.1, 0.15) is 17.3 Å². The van der Waals surface area contributed by atoms with E-state index < -0.39 is 0 Å². The Morgan fingerprint density at radius 3 is 2.32 bits per heavy atom. The summed E-state index contributed by atoms with van der Waals surface area (Å²) in [7, 11) is 3.79. The molecule has 38 heavy (non-hydrogen) atoms. The average Bonchev–Trinajstić information content (AvgIpc) is 2.93. The molecule has 0 unspecified atom stereocenters. The van der Waals surface area contributed by atoms with Crippen LogP contribution in [0.25, 0.3) is 21.9 Å². The van der Waals surface area contributed by atoms with Crippen LogP contribution in [0.3, 0.4) is 0 Å². The summed E-state index contributed by atoms with van der Waals surface area (Å²) in [6.07, 6.45) is 0. The van der Waals surface area contributed by atoms with E-state index in [0.717, 1.165) is 59.5 Å². The Kier molecular flexibility index (Phi) is 7.29. The van der Waals surface area contributed by atoms with E-state index in [-0.39, 0.29) is 11.8 Å². The molecule has 0 spiro atoms. The first-order chi connectivity index (χ1) is 18.4. The molecule has 1 heterocycles. The van der Waals surface area contributed by atoms with Crippen LogP contribution >= 0.6 is 0 Å². The van der Waals surface area contributed by atoms with Gasteiger partial charge < -0.3 is 25.2 Å². The number of nitrogens with one attached hydrogen (secondary N) is 2. The number of carbonyl (C=O) groups is 2. The zero-order chi connectivity index (χ0) is 26.6. The van der Waals surface area contributed by atoms with Crippen molar-refractivity contribution in [2.75, 3.05) is 55.9 Å². The number of ether oxygens (including phenoxy) is 1. The van der Waals surface area contributed by atoms with E-state index in [0.29, 0.717) is 16.9 Å². The monoisotopic (exact) mass is 508 g/mol. The predicted octanol–water partition coefficient (Wildman–Crippen LogP) is 6.11. The molecule has 2 amide bonds. The van der Waals surface area contributed by atoms with Gasteiger partial charge in [-0.3, -0.25) is 4.79 Å². The molecule has 0 aliphatic carbocycles. The van der Waals surface area contributed by atoms with E-state index in [1.807, 2.05) is 78.9 Å². The van der Waals surface area contributed by atoms with Gasteiger partial charge in [0.15, 0.2) is 5.78 Å². The van der Waals surface area contributed by atoms with E-state index in [4.69, 9.17) is 4.74 Å². The SMILES string of the molecule is COc1ccc(NC(=O)Nc2cccc3c(-c4cccc(C(C)=O)c4)cccc23)cc1N1CCN(C)CC1. The summed E-state index contributed by atoms with van der Waals surface area (Å²) in [6, 6.07) is 24.8. The zero-order valence-corrected chi connectivity index (χ0v) is 22.0. The lowest BCUT2D eigenvalue weighted by Crippen LogP contribution is -2.44. The molecular weight excluding hydrogens is 476 g/mol. The van der Waals surface area contributed by atoms with Crippen LogP contribution in [0.2, 0.25) is 0 Å². The van der Waals surface area contributed by atoms with Gasteiger partial charge in [-0.2, -0.15) is 0 Å². The van der Waals surface area contributed by atoms with Gasteiger partial charge in [0.25, 0.3) is 0 Å². The van der Waals surface area contributed by atoms with Crippen LogP contribution in [0.4, 0.5) is 21.9 Å². The van der Waals surface area contributed by atoms with E-state index in [1.54, 1.807) is 14.0 Å². The van der Waals surface area contributed by atoms with E-state index in [2.05, 4.69) is 27.5 Å². The van der Waals surface area contributed by atoms with Gasteiger partial charge in [-0.05, 0) is 60.8 Å². The Labute approximate surface area is 223 Å². The Morgan fingerprint density at radius 1 is 0.816 bits per heavy atom. The number of likely N-dealkylation sites (N-methyl/N-ethyl adjacent to an activating group) is 1. The zero-order valence-electron chi connectivity index (χ0n) is 22.0. The van der Waals surface area contributed by atoms with Gasteiger partial charge in [0.2, 0.25) is 0 Å². The number of hydrogen-bond donors (Lipinski definition) is 2. The Hall–Kier alpha value is -4.36. The number of fused-ring (bicyclic) bond motifs is 1. The van der Waals surface area contributed by atoms with Gasteiger partial charge in [-0.25, -0.2) is 4.79 Å². The number of carbonyl (C=O) groups excluding carboxylic acids is 2. The number of rotatable bonds is 6. The predicted molar refractivity (Wildman–Crippen MR) is 155 cm³/mol. The largest absolute Gasteiger partial charge is 0.495 e. The van der Waals surface area contributed by atoms with E-state index >= 15 is 0 Å². The summed E-state index contributed by atoms with van der Waals surface area (Å²) < 4.78 is 5.60. The van der Waals surface area contributed by atoms with E-state index in [9.17, 15) is 9.59 Å². The molecule has 1 aliphatic rings. The maximum atomic E-state index is 13.1. The standard InChI is InChI=1S/C31H32N4O3/c1-21(36)22-7-4-8-23(19-22)25-9-5-11-27-26(25)10-6-12-28(27)33-31(37)32-24-13-14-30(38-3)29(20-24)35-17-15-34(2)16-18-35/h4-14,19-20H,15-18H2,1-3H3,(H2,32,33,37). The van der Waals surface area contributed by atoms with Crippen LogP contribution in [0, 0.1) is 0 Å². The first-order valence-electron chi connectivity index (χ1n) is 12.8. The third-order valence-corrected chi connectivity index (χ3v) is 7.03. The van der Waals surface area contributed by atoms with Crippen LogP contribution in [-0.2, 0) is 0 Å². The number of Topliss-reactive ketones (excluding diaryl/α,β-unsaturated/α-hetero) is 1. The fraction of sp³-hybridized carbons (Fsp3) is 0.226. The summed E-state index contributed by atoms with van der Waals surface area (Å²) in [5.41, 5.74) is 5.00. The Bertz CT molecular complexity index is 1490. The lowest BCUT2D eigenvalue weighted by atomic mass is 9.95. The number of anilines is 3. The minimum absolute atomic E-state index is 0.0282. The third-order valence-electron chi connectivity index (χ3n) is 7.03. The molecule has 1 fully saturated rings. The molecule has 4 aromatic rings. The highest BCUT2D eigenvalue weighted by Crippen LogP contribution is 2.34. The number of nitrogens with zero attached hydrogens (tertiary/aromatic N) is 2. The smallest absolute Gasteiger partial charge is 0.323 e. The van der Waals surface area contributed by atoms with Crippen molar-refractivity contribution < 1.29 is 14.3 Å². The topological polar surface area (TPSA) is 73.9 Å². The van der Waals surface area contributed by atoms with Gasteiger partial charge in [-0.1, -0.05) is 48.5 Å². The Morgan fingerprint density at radius 2 is 1.55 bits per heavy atom. The van der Waals surface area contributed by atoms with Gasteiger partial charge in [0.1, 0.15) is 5.75 Å². The number of ketones is 1. The normalized spacial score (nSPS) is 13.8. The third kappa shape index (κ3) is 5.33. The number of benzene rings is 4. The number of amides is 2. The summed E-state index contributed by atoms with van der Waals surface area (Å²) in [4.78, 5) is 29.6. The number of piperazine rings is 1. The molecule has 0 atom stereocenters. The quantitative estimate of drug-likeness (QED) is 0.307. The molecule has 7 heteroatoms. The molecule has 1 aliphatic heterocycles. The van der Waals surface area contributed by atoms with Crippen molar-refractivity contribution in [3.8, 4) is 16.9 Å². The highest BCUT2D eigenvalue weighted by Gasteiger charge is 2.19. The minimum atomic E-state index is -0.323. The lowest BCUT2D eigenvalue weighted by Gasteiger charge is -2.34. The molecule has 194 valence electrons. The molecule has 0 radical (unpaired) electrons. The van der Waals surface area contributed by atoms with Crippen LogP contribution in [0.15, 0.2) is 78.9 Å². The fourth-order valence-electron chi connectivity index (χ4n) is 4.92. The van der Waals surface area contributed by atoms with Gasteiger partial charge in [0, 0.05) is 42.8 Å². The van der Waals surface area contributed by atoms with Gasteiger partial charge >= 0.3 is 6.03 Å². The van der Waals surface area contributed by atoms with Crippen LogP contribution in [-0.4, -0.2) is 57.1 Å². The van der Waals surface area contributed by atoms with Crippen molar-refractivity contribution in [3.63, 3.8) is 0 Å². The number of hydrogen-bond acceptors (Lipinski definition) is 5. The average molecular weight is 509 g/mol. The van der Waals surface area contributed by atoms with Gasteiger partial charge in [0.05, 0.1) is 18.5 Å². The summed E-state index contributed by atoms with van der Waals surface area (Å²) in [5, 5.41) is 7.91. The first-order valence-corrected chi connectivity index (χ1v) is 12.8. The van der Waals surface area contributed by atoms with Crippen molar-refractivity contribution >= 4 is 39.6 Å². The molecule has 2 N–H and O–H groups in total. The maximum Gasteiger partial charge on any atom is 0.323 e. The van der Waals surface area contributed by atoms with Crippen molar-refractivity contribution in [2.24, 2.45) is 0 Å². The van der Waals surface area contributed by atoms with Crippen molar-refractivity contribution in [3.05, 3.63) is 84.4 Å². The Balaban J connectivity index is 1.39. The van der Waals surface area contributed by atoms with Crippen LogP contribution in [0.5, 0.6) is 5.75 Å². The number of urea groups is 1. The molecule has 0 aromatic heterocycles. The molecular formula is C31H32N4O3. The summed E-state index contributed by atoms with van der Waals surface area (Å²) in [5.74, 6) is 0.816.